The number of aromatic nitrogens is 3. The highest BCUT2D eigenvalue weighted by atomic mass is 19.4. The molecular weight excluding hydrogens is 537 g/mol. The molecule has 9 nitrogen and oxygen atoms in total. The lowest BCUT2D eigenvalue weighted by atomic mass is 9.84. The molecule has 0 aliphatic carbocycles. The van der Waals surface area contributed by atoms with Gasteiger partial charge in [0, 0.05) is 43.5 Å². The van der Waals surface area contributed by atoms with E-state index in [1.807, 2.05) is 30.0 Å². The molecule has 41 heavy (non-hydrogen) atoms. The number of amides is 2. The summed E-state index contributed by atoms with van der Waals surface area (Å²) in [6.45, 7) is 9.11. The standard InChI is InChI=1S/C29H33F3N6O3/c1-5-41-23-15-21(16-33-17-23)19-12-20(14-22(13-19)28(2,3)4)27(40)38-10-8-37(9-11-38)25-7-6-24(35-36-25)26(39)34-18-29(30,31)32/h6-7,12-17H,5,8-11,18H2,1-4H3,(H,34,39). The third-order valence-corrected chi connectivity index (χ3v) is 6.63. The molecule has 1 aromatic carbocycles. The summed E-state index contributed by atoms with van der Waals surface area (Å²) < 4.78 is 42.7. The molecule has 2 aromatic heterocycles. The Balaban J connectivity index is 1.46. The van der Waals surface area contributed by atoms with Crippen LogP contribution in [0.15, 0.2) is 48.8 Å². The maximum atomic E-state index is 13.6. The highest BCUT2D eigenvalue weighted by Gasteiger charge is 2.29. The average Bonchev–Trinajstić information content (AvgIpc) is 2.95. The Kier molecular flexibility index (Phi) is 8.79. The number of carbonyl (C=O) groups excluding carboxylic acids is 2. The quantitative estimate of drug-likeness (QED) is 0.447. The highest BCUT2D eigenvalue weighted by Crippen LogP contribution is 2.31. The van der Waals surface area contributed by atoms with Gasteiger partial charge in [-0.3, -0.25) is 14.6 Å². The summed E-state index contributed by atoms with van der Waals surface area (Å²) in [6, 6.07) is 10.7. The number of ether oxygens (including phenoxy) is 1. The van der Waals surface area contributed by atoms with Gasteiger partial charge in [-0.2, -0.15) is 13.2 Å². The van der Waals surface area contributed by atoms with Crippen LogP contribution in [0.3, 0.4) is 0 Å². The number of alkyl halides is 3. The van der Waals surface area contributed by atoms with Crippen molar-refractivity contribution in [2.45, 2.75) is 39.3 Å². The third-order valence-electron chi connectivity index (χ3n) is 6.63. The summed E-state index contributed by atoms with van der Waals surface area (Å²) in [4.78, 5) is 33.5. The summed E-state index contributed by atoms with van der Waals surface area (Å²) in [7, 11) is 0. The lowest BCUT2D eigenvalue weighted by molar-refractivity contribution is -0.123. The second-order valence-electron chi connectivity index (χ2n) is 10.7. The summed E-state index contributed by atoms with van der Waals surface area (Å²) >= 11 is 0. The molecule has 1 aliphatic rings. The Hall–Kier alpha value is -4.22. The van der Waals surface area contributed by atoms with E-state index in [4.69, 9.17) is 4.74 Å². The van der Waals surface area contributed by atoms with Crippen molar-refractivity contribution >= 4 is 17.6 Å². The van der Waals surface area contributed by atoms with Crippen molar-refractivity contribution in [3.8, 4) is 16.9 Å². The van der Waals surface area contributed by atoms with E-state index in [1.165, 1.54) is 12.1 Å². The number of piperazine rings is 1. The van der Waals surface area contributed by atoms with E-state index in [-0.39, 0.29) is 17.0 Å². The van der Waals surface area contributed by atoms with Gasteiger partial charge in [0.05, 0.1) is 12.8 Å². The normalized spacial score (nSPS) is 14.1. The van der Waals surface area contributed by atoms with Gasteiger partial charge in [-0.1, -0.05) is 26.8 Å². The van der Waals surface area contributed by atoms with E-state index >= 15 is 0 Å². The van der Waals surface area contributed by atoms with E-state index in [1.54, 1.807) is 22.6 Å². The van der Waals surface area contributed by atoms with E-state index in [0.717, 1.165) is 16.7 Å². The molecule has 3 aromatic rings. The van der Waals surface area contributed by atoms with Gasteiger partial charge in [0.15, 0.2) is 11.5 Å². The lowest BCUT2D eigenvalue weighted by Crippen LogP contribution is -2.49. The minimum absolute atomic E-state index is 0.0892. The second kappa shape index (κ2) is 12.1. The Morgan fingerprint density at radius 1 is 0.951 bits per heavy atom. The van der Waals surface area contributed by atoms with Gasteiger partial charge < -0.3 is 19.9 Å². The van der Waals surface area contributed by atoms with Crippen molar-refractivity contribution in [3.63, 3.8) is 0 Å². The van der Waals surface area contributed by atoms with Crippen LogP contribution in [0.5, 0.6) is 5.75 Å². The average molecular weight is 571 g/mol. The fourth-order valence-electron chi connectivity index (χ4n) is 4.38. The van der Waals surface area contributed by atoms with Crippen molar-refractivity contribution in [1.82, 2.24) is 25.4 Å². The molecule has 4 rings (SSSR count). The first-order valence-corrected chi connectivity index (χ1v) is 13.3. The maximum Gasteiger partial charge on any atom is 0.405 e. The Bertz CT molecular complexity index is 1380. The van der Waals surface area contributed by atoms with Crippen molar-refractivity contribution < 1.29 is 27.5 Å². The van der Waals surface area contributed by atoms with Crippen molar-refractivity contribution in [2.24, 2.45) is 0 Å². The first kappa shape index (κ1) is 29.8. The van der Waals surface area contributed by atoms with Gasteiger partial charge in [0.1, 0.15) is 12.3 Å². The first-order valence-electron chi connectivity index (χ1n) is 13.3. The summed E-state index contributed by atoms with van der Waals surface area (Å²) in [5.74, 6) is 0.0964. The molecular formula is C29H33F3N6O3. The highest BCUT2D eigenvalue weighted by molar-refractivity contribution is 5.96. The molecule has 0 unspecified atom stereocenters. The van der Waals surface area contributed by atoms with Gasteiger partial charge in [0.25, 0.3) is 11.8 Å². The van der Waals surface area contributed by atoms with Crippen molar-refractivity contribution in [2.75, 3.05) is 44.2 Å². The minimum atomic E-state index is -4.51. The molecule has 0 saturated carbocycles. The predicted octanol–water partition coefficient (Wildman–Crippen LogP) is 4.49. The smallest absolute Gasteiger partial charge is 0.405 e. The molecule has 0 atom stereocenters. The van der Waals surface area contributed by atoms with E-state index in [9.17, 15) is 22.8 Å². The molecule has 1 N–H and O–H groups in total. The van der Waals surface area contributed by atoms with Gasteiger partial charge >= 0.3 is 6.18 Å². The number of rotatable bonds is 7. The zero-order valence-electron chi connectivity index (χ0n) is 23.5. The lowest BCUT2D eigenvalue weighted by Gasteiger charge is -2.35. The monoisotopic (exact) mass is 570 g/mol. The molecule has 1 fully saturated rings. The molecule has 0 bridgehead atoms. The molecule has 2 amide bonds. The largest absolute Gasteiger partial charge is 0.492 e. The number of anilines is 1. The van der Waals surface area contributed by atoms with Gasteiger partial charge in [-0.25, -0.2) is 0 Å². The molecule has 3 heterocycles. The Morgan fingerprint density at radius 2 is 1.68 bits per heavy atom. The van der Waals surface area contributed by atoms with Crippen molar-refractivity contribution in [1.29, 1.82) is 0 Å². The van der Waals surface area contributed by atoms with Gasteiger partial charge in [-0.05, 0) is 53.8 Å². The molecule has 0 spiro atoms. The Morgan fingerprint density at radius 3 is 2.29 bits per heavy atom. The predicted molar refractivity (Wildman–Crippen MR) is 148 cm³/mol. The molecule has 0 radical (unpaired) electrons. The van der Waals surface area contributed by atoms with Crippen LogP contribution < -0.4 is 15.0 Å². The van der Waals surface area contributed by atoms with Crippen LogP contribution in [0.2, 0.25) is 0 Å². The first-order chi connectivity index (χ1) is 19.3. The van der Waals surface area contributed by atoms with Crippen LogP contribution in [-0.4, -0.2) is 77.4 Å². The number of carbonyl (C=O) groups is 2. The topological polar surface area (TPSA) is 101 Å². The number of nitrogens with zero attached hydrogens (tertiary/aromatic N) is 5. The zero-order chi connectivity index (χ0) is 29.8. The number of hydrogen-bond donors (Lipinski definition) is 1. The van der Waals surface area contributed by atoms with E-state index in [2.05, 4.69) is 42.0 Å². The maximum absolute atomic E-state index is 13.6. The summed E-state index contributed by atoms with van der Waals surface area (Å²) in [6.07, 6.45) is -1.10. The van der Waals surface area contributed by atoms with Crippen LogP contribution in [-0.2, 0) is 5.41 Å². The second-order valence-corrected chi connectivity index (χ2v) is 10.7. The summed E-state index contributed by atoms with van der Waals surface area (Å²) in [5, 5.41) is 9.57. The molecule has 1 saturated heterocycles. The van der Waals surface area contributed by atoms with Gasteiger partial charge in [-0.15, -0.1) is 10.2 Å². The molecule has 218 valence electrons. The Labute approximate surface area is 236 Å². The number of benzene rings is 1. The van der Waals surface area contributed by atoms with Crippen molar-refractivity contribution in [3.05, 3.63) is 65.6 Å². The van der Waals surface area contributed by atoms with E-state index in [0.29, 0.717) is 49.9 Å². The van der Waals surface area contributed by atoms with Crippen LogP contribution in [0.25, 0.3) is 11.1 Å². The molecule has 1 aliphatic heterocycles. The number of halogens is 3. The van der Waals surface area contributed by atoms with Gasteiger partial charge in [0.2, 0.25) is 0 Å². The summed E-state index contributed by atoms with van der Waals surface area (Å²) in [5.41, 5.74) is 2.94. The van der Waals surface area contributed by atoms with Crippen LogP contribution >= 0.6 is 0 Å². The minimum Gasteiger partial charge on any atom is -0.492 e. The van der Waals surface area contributed by atoms with E-state index < -0.39 is 18.6 Å². The molecule has 12 heteroatoms. The third kappa shape index (κ3) is 7.71. The number of nitrogens with one attached hydrogen (secondary N) is 1. The fraction of sp³-hybridized carbons (Fsp3) is 0.414. The SMILES string of the molecule is CCOc1cncc(-c2cc(C(=O)N3CCN(c4ccc(C(=O)NCC(F)(F)F)nn4)CC3)cc(C(C)(C)C)c2)c1. The number of pyridine rings is 1. The van der Waals surface area contributed by atoms with Crippen LogP contribution in [0, 0.1) is 0 Å². The fourth-order valence-corrected chi connectivity index (χ4v) is 4.38. The van der Waals surface area contributed by atoms with Crippen LogP contribution in [0.4, 0.5) is 19.0 Å². The zero-order valence-corrected chi connectivity index (χ0v) is 23.5. The van der Waals surface area contributed by atoms with Crippen LogP contribution in [0.1, 0.15) is 54.1 Å². The number of hydrogen-bond acceptors (Lipinski definition) is 7.